The lowest BCUT2D eigenvalue weighted by atomic mass is 10.3. The van der Waals surface area contributed by atoms with Crippen LogP contribution in [0.3, 0.4) is 0 Å². The summed E-state index contributed by atoms with van der Waals surface area (Å²) in [5.74, 6) is 0.792. The molecule has 0 fully saturated rings. The topological polar surface area (TPSA) is 63.1 Å². The quantitative estimate of drug-likeness (QED) is 0.687. The summed E-state index contributed by atoms with van der Waals surface area (Å²) < 4.78 is 4.46. The third-order valence-electron chi connectivity index (χ3n) is 3.12. The van der Waals surface area contributed by atoms with Gasteiger partial charge in [0.25, 0.3) is 5.56 Å². The van der Waals surface area contributed by atoms with Gasteiger partial charge in [0.05, 0.1) is 16.3 Å². The average Bonchev–Trinajstić information content (AvgIpc) is 2.95. The van der Waals surface area contributed by atoms with Gasteiger partial charge in [0.1, 0.15) is 11.3 Å². The van der Waals surface area contributed by atoms with Crippen LogP contribution in [0.5, 0.6) is 0 Å². The van der Waals surface area contributed by atoms with Crippen molar-refractivity contribution in [2.75, 3.05) is 0 Å². The third kappa shape index (κ3) is 1.83. The van der Waals surface area contributed by atoms with E-state index in [1.165, 1.54) is 4.68 Å². The molecule has 0 spiro atoms. The lowest BCUT2D eigenvalue weighted by Crippen LogP contribution is -2.26. The van der Waals surface area contributed by atoms with Gasteiger partial charge in [-0.1, -0.05) is 0 Å². The summed E-state index contributed by atoms with van der Waals surface area (Å²) in [7, 11) is 0. The molecule has 0 atom stereocenters. The van der Waals surface area contributed by atoms with Gasteiger partial charge in [-0.05, 0) is 30.9 Å². The summed E-state index contributed by atoms with van der Waals surface area (Å²) in [5, 5.41) is 14.9. The first-order valence-electron chi connectivity index (χ1n) is 6.05. The van der Waals surface area contributed by atoms with E-state index in [9.17, 15) is 4.79 Å². The van der Waals surface area contributed by atoms with E-state index in [1.54, 1.807) is 11.3 Å². The monoisotopic (exact) mass is 272 g/mol. The molecule has 5 nitrogen and oxygen atoms in total. The standard InChI is InChI=1S/C13H12N4OS/c1-9-15-16(6-3-2-5-14)13(18)11-8-12-10(17(9)11)4-7-19-12/h4,7-8H,2-3,6H2,1H3. The van der Waals surface area contributed by atoms with Crippen molar-refractivity contribution in [2.45, 2.75) is 26.3 Å². The number of hydrogen-bond donors (Lipinski definition) is 0. The molecule has 3 aromatic rings. The fraction of sp³-hybridized carbons (Fsp3) is 0.308. The summed E-state index contributed by atoms with van der Waals surface area (Å²) in [6.45, 7) is 2.38. The fourth-order valence-corrected chi connectivity index (χ4v) is 3.09. The van der Waals surface area contributed by atoms with Crippen LogP contribution in [0.4, 0.5) is 0 Å². The SMILES string of the molecule is Cc1nn(CCCC#N)c(=O)c2cc3sccc3n12. The Kier molecular flexibility index (Phi) is 2.84. The van der Waals surface area contributed by atoms with Crippen LogP contribution in [-0.2, 0) is 6.54 Å². The summed E-state index contributed by atoms with van der Waals surface area (Å²) in [6.07, 6.45) is 1.09. The van der Waals surface area contributed by atoms with Crippen LogP contribution in [0.2, 0.25) is 0 Å². The van der Waals surface area contributed by atoms with Crippen LogP contribution in [0.25, 0.3) is 15.7 Å². The second kappa shape index (κ2) is 4.52. The highest BCUT2D eigenvalue weighted by Gasteiger charge is 2.12. The summed E-state index contributed by atoms with van der Waals surface area (Å²) in [5.41, 5.74) is 1.60. The van der Waals surface area contributed by atoms with Crippen molar-refractivity contribution in [1.82, 2.24) is 14.2 Å². The van der Waals surface area contributed by atoms with Crippen molar-refractivity contribution >= 4 is 27.1 Å². The van der Waals surface area contributed by atoms with Gasteiger partial charge in [-0.2, -0.15) is 10.4 Å². The molecule has 0 unspecified atom stereocenters. The summed E-state index contributed by atoms with van der Waals surface area (Å²) in [6, 6.07) is 6.00. The van der Waals surface area contributed by atoms with Crippen LogP contribution in [0.1, 0.15) is 18.7 Å². The Balaban J connectivity index is 2.19. The van der Waals surface area contributed by atoms with E-state index in [4.69, 9.17) is 5.26 Å². The van der Waals surface area contributed by atoms with Crippen LogP contribution in [-0.4, -0.2) is 14.2 Å². The van der Waals surface area contributed by atoms with Crippen molar-refractivity contribution in [3.8, 4) is 6.07 Å². The summed E-state index contributed by atoms with van der Waals surface area (Å²) >= 11 is 1.62. The first-order chi connectivity index (χ1) is 9.22. The van der Waals surface area contributed by atoms with Crippen molar-refractivity contribution in [2.24, 2.45) is 0 Å². The van der Waals surface area contributed by atoms with Gasteiger partial charge in [-0.15, -0.1) is 11.3 Å². The van der Waals surface area contributed by atoms with E-state index in [1.807, 2.05) is 28.8 Å². The third-order valence-corrected chi connectivity index (χ3v) is 3.98. The number of hydrogen-bond acceptors (Lipinski definition) is 4. The molecule has 0 aliphatic rings. The minimum atomic E-state index is -0.0908. The van der Waals surface area contributed by atoms with Crippen molar-refractivity contribution < 1.29 is 0 Å². The first kappa shape index (κ1) is 11.9. The second-order valence-electron chi connectivity index (χ2n) is 4.37. The van der Waals surface area contributed by atoms with Crippen LogP contribution in [0.15, 0.2) is 22.3 Å². The molecule has 3 heterocycles. The Bertz CT molecular complexity index is 849. The lowest BCUT2D eigenvalue weighted by Gasteiger charge is -2.07. The minimum Gasteiger partial charge on any atom is -0.291 e. The molecule has 3 rings (SSSR count). The van der Waals surface area contributed by atoms with Crippen LogP contribution in [0, 0.1) is 18.3 Å². The first-order valence-corrected chi connectivity index (χ1v) is 6.93. The highest BCUT2D eigenvalue weighted by atomic mass is 32.1. The molecule has 0 saturated heterocycles. The van der Waals surface area contributed by atoms with Crippen molar-refractivity contribution in [3.63, 3.8) is 0 Å². The van der Waals surface area contributed by atoms with Crippen molar-refractivity contribution in [1.29, 1.82) is 5.26 Å². The summed E-state index contributed by atoms with van der Waals surface area (Å²) in [4.78, 5) is 12.3. The number of rotatable bonds is 3. The molecule has 0 aromatic carbocycles. The minimum absolute atomic E-state index is 0.0908. The van der Waals surface area contributed by atoms with Gasteiger partial charge in [0.15, 0.2) is 0 Å². The van der Waals surface area contributed by atoms with E-state index in [0.717, 1.165) is 16.0 Å². The molecule has 6 heteroatoms. The number of aryl methyl sites for hydroxylation is 2. The highest BCUT2D eigenvalue weighted by Crippen LogP contribution is 2.24. The second-order valence-corrected chi connectivity index (χ2v) is 5.32. The number of thiophene rings is 1. The lowest BCUT2D eigenvalue weighted by molar-refractivity contribution is 0.541. The molecule has 0 aliphatic carbocycles. The molecular weight excluding hydrogens is 260 g/mol. The number of fused-ring (bicyclic) bond motifs is 3. The highest BCUT2D eigenvalue weighted by molar-refractivity contribution is 7.17. The number of aromatic nitrogens is 3. The molecule has 0 amide bonds. The van der Waals surface area contributed by atoms with Crippen LogP contribution >= 0.6 is 11.3 Å². The molecular formula is C13H12N4OS. The predicted octanol–water partition coefficient (Wildman–Crippen LogP) is 2.32. The molecule has 19 heavy (non-hydrogen) atoms. The Morgan fingerprint density at radius 3 is 3.11 bits per heavy atom. The van der Waals surface area contributed by atoms with E-state index in [2.05, 4.69) is 11.2 Å². The Morgan fingerprint density at radius 2 is 2.32 bits per heavy atom. The maximum Gasteiger partial charge on any atom is 0.291 e. The van der Waals surface area contributed by atoms with E-state index >= 15 is 0 Å². The Morgan fingerprint density at radius 1 is 1.47 bits per heavy atom. The maximum atomic E-state index is 12.3. The predicted molar refractivity (Wildman–Crippen MR) is 74.4 cm³/mol. The zero-order chi connectivity index (χ0) is 13.4. The normalized spacial score (nSPS) is 11.2. The fourth-order valence-electron chi connectivity index (χ4n) is 2.29. The molecule has 3 aromatic heterocycles. The number of unbranched alkanes of at least 4 members (excludes halogenated alkanes) is 1. The Labute approximate surface area is 113 Å². The average molecular weight is 272 g/mol. The molecule has 0 N–H and O–H groups in total. The Hall–Kier alpha value is -2.13. The maximum absolute atomic E-state index is 12.3. The van der Waals surface area contributed by atoms with E-state index in [0.29, 0.717) is 24.9 Å². The van der Waals surface area contributed by atoms with Gasteiger partial charge in [0, 0.05) is 13.0 Å². The smallest absolute Gasteiger partial charge is 0.291 e. The van der Waals surface area contributed by atoms with Gasteiger partial charge in [-0.3, -0.25) is 9.20 Å². The van der Waals surface area contributed by atoms with E-state index < -0.39 is 0 Å². The molecule has 0 aliphatic heterocycles. The zero-order valence-electron chi connectivity index (χ0n) is 10.5. The molecule has 0 saturated carbocycles. The van der Waals surface area contributed by atoms with Gasteiger partial charge >= 0.3 is 0 Å². The largest absolute Gasteiger partial charge is 0.291 e. The zero-order valence-corrected chi connectivity index (χ0v) is 11.3. The van der Waals surface area contributed by atoms with E-state index in [-0.39, 0.29) is 5.56 Å². The van der Waals surface area contributed by atoms with Gasteiger partial charge in [0.2, 0.25) is 0 Å². The molecule has 0 bridgehead atoms. The van der Waals surface area contributed by atoms with Gasteiger partial charge in [-0.25, -0.2) is 4.68 Å². The molecule has 0 radical (unpaired) electrons. The number of nitriles is 1. The number of nitrogens with zero attached hydrogens (tertiary/aromatic N) is 4. The van der Waals surface area contributed by atoms with Crippen LogP contribution < -0.4 is 5.56 Å². The van der Waals surface area contributed by atoms with Crippen molar-refractivity contribution in [3.05, 3.63) is 33.7 Å². The molecule has 96 valence electrons. The van der Waals surface area contributed by atoms with Gasteiger partial charge < -0.3 is 0 Å².